The Balaban J connectivity index is 1.94. The Morgan fingerprint density at radius 2 is 2.27 bits per heavy atom. The smallest absolute Gasteiger partial charge is 0.222 e. The van der Waals surface area contributed by atoms with E-state index in [2.05, 4.69) is 24.7 Å². The van der Waals surface area contributed by atoms with Crippen LogP contribution in [0, 0.1) is 13.8 Å². The summed E-state index contributed by atoms with van der Waals surface area (Å²) in [5.74, 6) is 0.170. The topological polar surface area (TPSA) is 38.1 Å². The molecule has 0 aromatic carbocycles. The number of thiophene rings is 1. The average Bonchev–Trinajstić information content (AvgIpc) is 3.07. The molecule has 0 bridgehead atoms. The Kier molecular flexibility index (Phi) is 5.55. The van der Waals surface area contributed by atoms with Crippen molar-refractivity contribution in [3.63, 3.8) is 0 Å². The molecule has 0 saturated carbocycles. The molecule has 4 nitrogen and oxygen atoms in total. The molecule has 1 amide bonds. The van der Waals surface area contributed by atoms with E-state index in [1.165, 1.54) is 10.4 Å². The molecule has 0 aliphatic heterocycles. The lowest BCUT2D eigenvalue weighted by atomic mass is 10.1. The molecular weight excluding hydrogens is 294 g/mol. The molecular formula is C17H23N3OS. The van der Waals surface area contributed by atoms with E-state index in [1.807, 2.05) is 36.2 Å². The summed E-state index contributed by atoms with van der Waals surface area (Å²) in [5.41, 5.74) is 3.32. The quantitative estimate of drug-likeness (QED) is 0.735. The van der Waals surface area contributed by atoms with Crippen LogP contribution in [0.1, 0.15) is 28.2 Å². The van der Waals surface area contributed by atoms with E-state index >= 15 is 0 Å². The standard InChI is InChI=1S/C17H23N3OS/c1-5-10-20-14(3)16(13(2)18-20)8-9-17(21)19(4)12-15-7-6-11-22-15/h5-7,11H,1,8-10,12H2,2-4H3. The molecule has 2 rings (SSSR count). The monoisotopic (exact) mass is 317 g/mol. The van der Waals surface area contributed by atoms with Crippen LogP contribution < -0.4 is 0 Å². The van der Waals surface area contributed by atoms with E-state index in [0.717, 1.165) is 17.8 Å². The van der Waals surface area contributed by atoms with E-state index in [9.17, 15) is 4.79 Å². The van der Waals surface area contributed by atoms with Gasteiger partial charge < -0.3 is 4.90 Å². The van der Waals surface area contributed by atoms with Crippen molar-refractivity contribution in [2.45, 2.75) is 39.8 Å². The summed E-state index contributed by atoms with van der Waals surface area (Å²) in [6.45, 7) is 9.20. The van der Waals surface area contributed by atoms with Crippen LogP contribution in [0.3, 0.4) is 0 Å². The van der Waals surface area contributed by atoms with Crippen LogP contribution in [0.5, 0.6) is 0 Å². The van der Waals surface area contributed by atoms with Gasteiger partial charge in [-0.2, -0.15) is 5.10 Å². The third kappa shape index (κ3) is 3.85. The Bertz CT molecular complexity index is 643. The summed E-state index contributed by atoms with van der Waals surface area (Å²) in [6, 6.07) is 4.07. The lowest BCUT2D eigenvalue weighted by Gasteiger charge is -2.16. The molecule has 0 fully saturated rings. The largest absolute Gasteiger partial charge is 0.341 e. The number of aromatic nitrogens is 2. The lowest BCUT2D eigenvalue weighted by Crippen LogP contribution is -2.26. The van der Waals surface area contributed by atoms with Gasteiger partial charge in [-0.3, -0.25) is 9.48 Å². The molecule has 0 unspecified atom stereocenters. The molecule has 0 radical (unpaired) electrons. The van der Waals surface area contributed by atoms with Gasteiger partial charge in [0.25, 0.3) is 0 Å². The Morgan fingerprint density at radius 3 is 2.91 bits per heavy atom. The Morgan fingerprint density at radius 1 is 1.50 bits per heavy atom. The fraction of sp³-hybridized carbons (Fsp3) is 0.412. The molecule has 0 aliphatic carbocycles. The van der Waals surface area contributed by atoms with E-state index in [0.29, 0.717) is 19.5 Å². The fourth-order valence-corrected chi connectivity index (χ4v) is 3.30. The second kappa shape index (κ2) is 7.40. The van der Waals surface area contributed by atoms with Gasteiger partial charge in [0.15, 0.2) is 0 Å². The van der Waals surface area contributed by atoms with Crippen LogP contribution in [-0.2, 0) is 24.3 Å². The zero-order valence-electron chi connectivity index (χ0n) is 13.5. The zero-order chi connectivity index (χ0) is 16.1. The molecule has 0 N–H and O–H groups in total. The highest BCUT2D eigenvalue weighted by Crippen LogP contribution is 2.17. The summed E-state index contributed by atoms with van der Waals surface area (Å²) in [6.07, 6.45) is 3.09. The van der Waals surface area contributed by atoms with Crippen LogP contribution in [0.25, 0.3) is 0 Å². The highest BCUT2D eigenvalue weighted by Gasteiger charge is 2.15. The zero-order valence-corrected chi connectivity index (χ0v) is 14.3. The van der Waals surface area contributed by atoms with Gasteiger partial charge in [-0.25, -0.2) is 0 Å². The summed E-state index contributed by atoms with van der Waals surface area (Å²) in [4.78, 5) is 15.3. The molecule has 22 heavy (non-hydrogen) atoms. The van der Waals surface area contributed by atoms with Crippen molar-refractivity contribution in [3.05, 3.63) is 52.0 Å². The van der Waals surface area contributed by atoms with E-state index < -0.39 is 0 Å². The average molecular weight is 317 g/mol. The van der Waals surface area contributed by atoms with Crippen molar-refractivity contribution in [2.75, 3.05) is 7.05 Å². The third-order valence-electron chi connectivity index (χ3n) is 3.82. The van der Waals surface area contributed by atoms with Gasteiger partial charge in [-0.05, 0) is 37.3 Å². The molecule has 0 aliphatic rings. The minimum absolute atomic E-state index is 0.170. The minimum Gasteiger partial charge on any atom is -0.341 e. The van der Waals surface area contributed by atoms with Gasteiger partial charge in [0, 0.05) is 24.0 Å². The van der Waals surface area contributed by atoms with Crippen LogP contribution >= 0.6 is 11.3 Å². The van der Waals surface area contributed by atoms with Crippen molar-refractivity contribution in [1.29, 1.82) is 0 Å². The Labute approximate surface area is 136 Å². The number of hydrogen-bond acceptors (Lipinski definition) is 3. The van der Waals surface area contributed by atoms with Crippen molar-refractivity contribution in [3.8, 4) is 0 Å². The molecule has 0 saturated heterocycles. The Hall–Kier alpha value is -1.88. The van der Waals surface area contributed by atoms with Gasteiger partial charge in [0.2, 0.25) is 5.91 Å². The SMILES string of the molecule is C=CCn1nc(C)c(CCC(=O)N(C)Cc2cccs2)c1C. The first-order valence-corrected chi connectivity index (χ1v) is 8.31. The molecule has 2 aromatic rings. The van der Waals surface area contributed by atoms with Gasteiger partial charge >= 0.3 is 0 Å². The van der Waals surface area contributed by atoms with Crippen LogP contribution in [0.15, 0.2) is 30.2 Å². The van der Waals surface area contributed by atoms with Crippen LogP contribution in [0.4, 0.5) is 0 Å². The number of rotatable bonds is 7. The van der Waals surface area contributed by atoms with E-state index in [4.69, 9.17) is 0 Å². The van der Waals surface area contributed by atoms with Crippen LogP contribution in [0.2, 0.25) is 0 Å². The van der Waals surface area contributed by atoms with Gasteiger partial charge in [-0.15, -0.1) is 17.9 Å². The number of carbonyl (C=O) groups excluding carboxylic acids is 1. The van der Waals surface area contributed by atoms with E-state index in [-0.39, 0.29) is 5.91 Å². The van der Waals surface area contributed by atoms with Crippen molar-refractivity contribution in [2.24, 2.45) is 0 Å². The number of allylic oxidation sites excluding steroid dienone is 1. The molecule has 0 spiro atoms. The number of hydrogen-bond donors (Lipinski definition) is 0. The highest BCUT2D eigenvalue weighted by molar-refractivity contribution is 7.09. The van der Waals surface area contributed by atoms with Crippen molar-refractivity contribution < 1.29 is 4.79 Å². The summed E-state index contributed by atoms with van der Waals surface area (Å²) in [5, 5.41) is 6.54. The molecule has 5 heteroatoms. The van der Waals surface area contributed by atoms with Gasteiger partial charge in [-0.1, -0.05) is 12.1 Å². The van der Waals surface area contributed by atoms with Gasteiger partial charge in [0.05, 0.1) is 18.8 Å². The summed E-state index contributed by atoms with van der Waals surface area (Å²) >= 11 is 1.68. The predicted molar refractivity (Wildman–Crippen MR) is 91.0 cm³/mol. The summed E-state index contributed by atoms with van der Waals surface area (Å²) < 4.78 is 1.94. The lowest BCUT2D eigenvalue weighted by molar-refractivity contribution is -0.130. The third-order valence-corrected chi connectivity index (χ3v) is 4.68. The first kappa shape index (κ1) is 16.5. The molecule has 2 aromatic heterocycles. The van der Waals surface area contributed by atoms with Crippen LogP contribution in [-0.4, -0.2) is 27.6 Å². The first-order valence-electron chi connectivity index (χ1n) is 7.43. The number of carbonyl (C=O) groups is 1. The first-order chi connectivity index (χ1) is 10.5. The molecule has 118 valence electrons. The second-order valence-electron chi connectivity index (χ2n) is 5.45. The van der Waals surface area contributed by atoms with Crippen molar-refractivity contribution in [1.82, 2.24) is 14.7 Å². The normalized spacial score (nSPS) is 10.7. The maximum absolute atomic E-state index is 12.3. The number of nitrogens with zero attached hydrogens (tertiary/aromatic N) is 3. The number of aryl methyl sites for hydroxylation is 1. The van der Waals surface area contributed by atoms with Crippen molar-refractivity contribution >= 4 is 17.2 Å². The summed E-state index contributed by atoms with van der Waals surface area (Å²) in [7, 11) is 1.86. The number of amides is 1. The maximum atomic E-state index is 12.3. The molecule has 0 atom stereocenters. The fourth-order valence-electron chi connectivity index (χ4n) is 2.54. The van der Waals surface area contributed by atoms with Gasteiger partial charge in [0.1, 0.15) is 0 Å². The highest BCUT2D eigenvalue weighted by atomic mass is 32.1. The minimum atomic E-state index is 0.170. The van der Waals surface area contributed by atoms with E-state index in [1.54, 1.807) is 16.2 Å². The maximum Gasteiger partial charge on any atom is 0.222 e. The molecule has 2 heterocycles. The second-order valence-corrected chi connectivity index (χ2v) is 6.48. The predicted octanol–water partition coefficient (Wildman–Crippen LogP) is 3.34.